The molecule has 0 unspecified atom stereocenters. The van der Waals surface area contributed by atoms with Gasteiger partial charge in [0.1, 0.15) is 0 Å². The predicted molar refractivity (Wildman–Crippen MR) is 102 cm³/mol. The van der Waals surface area contributed by atoms with Gasteiger partial charge in [-0.1, -0.05) is 24.3 Å². The van der Waals surface area contributed by atoms with E-state index in [-0.39, 0.29) is 24.3 Å². The van der Waals surface area contributed by atoms with Crippen LogP contribution in [0.25, 0.3) is 0 Å². The van der Waals surface area contributed by atoms with E-state index in [0.717, 1.165) is 24.1 Å². The normalized spacial score (nSPS) is 21.4. The monoisotopic (exact) mass is 393 g/mol. The second-order valence-electron chi connectivity index (χ2n) is 7.37. The maximum atomic E-state index is 12.6. The summed E-state index contributed by atoms with van der Waals surface area (Å²) in [5, 5.41) is 2.95. The second-order valence-corrected chi connectivity index (χ2v) is 9.35. The van der Waals surface area contributed by atoms with Crippen molar-refractivity contribution in [3.63, 3.8) is 0 Å². The summed E-state index contributed by atoms with van der Waals surface area (Å²) in [7, 11) is -3.27. The molecule has 27 heavy (non-hydrogen) atoms. The molecule has 8 heteroatoms. The number of rotatable bonds is 6. The Morgan fingerprint density at radius 2 is 1.93 bits per heavy atom. The molecule has 2 aliphatic rings. The van der Waals surface area contributed by atoms with Crippen LogP contribution >= 0.6 is 0 Å². The molecule has 2 amide bonds. The highest BCUT2D eigenvalue weighted by atomic mass is 32.2. The van der Waals surface area contributed by atoms with E-state index < -0.39 is 10.0 Å². The molecule has 7 nitrogen and oxygen atoms in total. The Kier molecular flexibility index (Phi) is 6.16. The Morgan fingerprint density at radius 1 is 1.19 bits per heavy atom. The summed E-state index contributed by atoms with van der Waals surface area (Å²) in [4.78, 5) is 26.3. The molecule has 0 aromatic heterocycles. The number of amides is 2. The molecular weight excluding hydrogens is 366 g/mol. The first-order valence-corrected chi connectivity index (χ1v) is 11.3. The van der Waals surface area contributed by atoms with Gasteiger partial charge in [0.15, 0.2) is 0 Å². The minimum absolute atomic E-state index is 0.115. The maximum absolute atomic E-state index is 12.6. The number of carbonyl (C=O) groups is 2. The standard InChI is InChI=1S/C19H27N3O4S/c1-27(25,26)22-11-4-8-17(14-22)19(24)20-12-15-6-2-3-7-16(15)13-21-10-5-9-18(21)23/h2-3,6-7,17H,4-5,8-14H2,1H3,(H,20,24)/t17-/m0/s1. The highest BCUT2D eigenvalue weighted by Crippen LogP contribution is 2.20. The third kappa shape index (κ3) is 5.07. The number of piperidine rings is 1. The van der Waals surface area contributed by atoms with Crippen LogP contribution in [-0.4, -0.2) is 55.3 Å². The van der Waals surface area contributed by atoms with Crippen molar-refractivity contribution in [1.82, 2.24) is 14.5 Å². The number of hydrogen-bond donors (Lipinski definition) is 1. The van der Waals surface area contributed by atoms with Gasteiger partial charge in [-0.2, -0.15) is 0 Å². The molecule has 0 saturated carbocycles. The average Bonchev–Trinajstić information content (AvgIpc) is 3.05. The van der Waals surface area contributed by atoms with Gasteiger partial charge in [-0.05, 0) is 30.4 Å². The van der Waals surface area contributed by atoms with Gasteiger partial charge in [0.25, 0.3) is 0 Å². The molecule has 0 spiro atoms. The molecule has 2 heterocycles. The molecule has 0 aliphatic carbocycles. The van der Waals surface area contributed by atoms with Crippen molar-refractivity contribution in [2.45, 2.75) is 38.8 Å². The van der Waals surface area contributed by atoms with Gasteiger partial charge in [-0.25, -0.2) is 12.7 Å². The quantitative estimate of drug-likeness (QED) is 0.784. The molecule has 1 N–H and O–H groups in total. The van der Waals surface area contributed by atoms with Crippen LogP contribution in [0.4, 0.5) is 0 Å². The summed E-state index contributed by atoms with van der Waals surface area (Å²) in [6, 6.07) is 7.80. The number of nitrogens with one attached hydrogen (secondary N) is 1. The molecule has 3 rings (SSSR count). The molecule has 1 aromatic rings. The SMILES string of the molecule is CS(=O)(=O)N1CCC[C@H](C(=O)NCc2ccccc2CN2CCCC2=O)C1. The minimum Gasteiger partial charge on any atom is -0.352 e. The van der Waals surface area contributed by atoms with Crippen molar-refractivity contribution in [2.24, 2.45) is 5.92 Å². The number of nitrogens with zero attached hydrogens (tertiary/aromatic N) is 2. The van der Waals surface area contributed by atoms with Gasteiger partial charge < -0.3 is 10.2 Å². The lowest BCUT2D eigenvalue weighted by molar-refractivity contribution is -0.128. The lowest BCUT2D eigenvalue weighted by atomic mass is 9.98. The Hall–Kier alpha value is -1.93. The molecule has 1 aromatic carbocycles. The molecule has 0 bridgehead atoms. The van der Waals surface area contributed by atoms with E-state index >= 15 is 0 Å². The van der Waals surface area contributed by atoms with E-state index in [4.69, 9.17) is 0 Å². The zero-order valence-corrected chi connectivity index (χ0v) is 16.5. The van der Waals surface area contributed by atoms with E-state index in [1.165, 1.54) is 10.6 Å². The van der Waals surface area contributed by atoms with Gasteiger partial charge >= 0.3 is 0 Å². The van der Waals surface area contributed by atoms with Crippen LogP contribution in [-0.2, 0) is 32.7 Å². The number of hydrogen-bond acceptors (Lipinski definition) is 4. The van der Waals surface area contributed by atoms with Crippen LogP contribution in [0.1, 0.15) is 36.8 Å². The fourth-order valence-electron chi connectivity index (χ4n) is 3.75. The Balaban J connectivity index is 1.59. The minimum atomic E-state index is -3.27. The highest BCUT2D eigenvalue weighted by Gasteiger charge is 2.30. The molecule has 2 aliphatic heterocycles. The smallest absolute Gasteiger partial charge is 0.224 e. The predicted octanol–water partition coefficient (Wildman–Crippen LogP) is 1.10. The first kappa shape index (κ1) is 19.8. The van der Waals surface area contributed by atoms with E-state index in [9.17, 15) is 18.0 Å². The molecule has 2 saturated heterocycles. The first-order chi connectivity index (χ1) is 12.8. The molecular formula is C19H27N3O4S. The van der Waals surface area contributed by atoms with Gasteiger partial charge in [-0.3, -0.25) is 9.59 Å². The fraction of sp³-hybridized carbons (Fsp3) is 0.579. The van der Waals surface area contributed by atoms with Gasteiger partial charge in [0, 0.05) is 39.1 Å². The van der Waals surface area contributed by atoms with E-state index in [0.29, 0.717) is 38.9 Å². The largest absolute Gasteiger partial charge is 0.352 e. The molecule has 2 fully saturated rings. The number of carbonyl (C=O) groups excluding carboxylic acids is 2. The van der Waals surface area contributed by atoms with E-state index in [1.807, 2.05) is 29.2 Å². The van der Waals surface area contributed by atoms with Crippen LogP contribution in [0, 0.1) is 5.92 Å². The van der Waals surface area contributed by atoms with Crippen molar-refractivity contribution >= 4 is 21.8 Å². The molecule has 148 valence electrons. The van der Waals surface area contributed by atoms with Crippen molar-refractivity contribution in [2.75, 3.05) is 25.9 Å². The summed E-state index contributed by atoms with van der Waals surface area (Å²) in [6.45, 7) is 2.45. The van der Waals surface area contributed by atoms with Crippen molar-refractivity contribution in [3.8, 4) is 0 Å². The average molecular weight is 394 g/mol. The fourth-order valence-corrected chi connectivity index (χ4v) is 4.66. The Bertz CT molecular complexity index is 809. The zero-order chi connectivity index (χ0) is 19.4. The van der Waals surface area contributed by atoms with Gasteiger partial charge in [0.2, 0.25) is 21.8 Å². The third-order valence-electron chi connectivity index (χ3n) is 5.33. The Morgan fingerprint density at radius 3 is 2.59 bits per heavy atom. The van der Waals surface area contributed by atoms with Crippen LogP contribution in [0.15, 0.2) is 24.3 Å². The summed E-state index contributed by atoms with van der Waals surface area (Å²) in [5.41, 5.74) is 2.02. The zero-order valence-electron chi connectivity index (χ0n) is 15.7. The van der Waals surface area contributed by atoms with Crippen molar-refractivity contribution in [1.29, 1.82) is 0 Å². The molecule has 1 atom stereocenters. The van der Waals surface area contributed by atoms with Crippen LogP contribution in [0.2, 0.25) is 0 Å². The van der Waals surface area contributed by atoms with Crippen molar-refractivity contribution in [3.05, 3.63) is 35.4 Å². The first-order valence-electron chi connectivity index (χ1n) is 9.42. The van der Waals surface area contributed by atoms with Gasteiger partial charge in [0.05, 0.1) is 12.2 Å². The van der Waals surface area contributed by atoms with E-state index in [2.05, 4.69) is 5.32 Å². The maximum Gasteiger partial charge on any atom is 0.224 e. The lowest BCUT2D eigenvalue weighted by Crippen LogP contribution is -2.44. The van der Waals surface area contributed by atoms with E-state index in [1.54, 1.807) is 0 Å². The summed E-state index contributed by atoms with van der Waals surface area (Å²) < 4.78 is 24.8. The summed E-state index contributed by atoms with van der Waals surface area (Å²) in [6.07, 6.45) is 4.08. The Labute approximate surface area is 160 Å². The highest BCUT2D eigenvalue weighted by molar-refractivity contribution is 7.88. The van der Waals surface area contributed by atoms with Crippen molar-refractivity contribution < 1.29 is 18.0 Å². The van der Waals surface area contributed by atoms with Crippen LogP contribution in [0.5, 0.6) is 0 Å². The lowest BCUT2D eigenvalue weighted by Gasteiger charge is -2.30. The number of sulfonamides is 1. The van der Waals surface area contributed by atoms with Crippen LogP contribution in [0.3, 0.4) is 0 Å². The third-order valence-corrected chi connectivity index (χ3v) is 6.60. The number of likely N-dealkylation sites (tertiary alicyclic amines) is 1. The summed E-state index contributed by atoms with van der Waals surface area (Å²) >= 11 is 0. The topological polar surface area (TPSA) is 86.8 Å². The molecule has 0 radical (unpaired) electrons. The van der Waals surface area contributed by atoms with Gasteiger partial charge in [-0.15, -0.1) is 0 Å². The number of benzene rings is 1. The second kappa shape index (κ2) is 8.39. The van der Waals surface area contributed by atoms with Crippen LogP contribution < -0.4 is 5.32 Å². The summed E-state index contributed by atoms with van der Waals surface area (Å²) in [5.74, 6) is -0.256.